The van der Waals surface area contributed by atoms with E-state index < -0.39 is 26.3 Å². The van der Waals surface area contributed by atoms with E-state index in [9.17, 15) is 21.6 Å². The summed E-state index contributed by atoms with van der Waals surface area (Å²) in [6, 6.07) is 1.98. The summed E-state index contributed by atoms with van der Waals surface area (Å²) in [5.74, 6) is 0. The van der Waals surface area contributed by atoms with Gasteiger partial charge < -0.3 is 0 Å². The normalized spacial score (nSPS) is 15.3. The number of hydrogen-bond donors (Lipinski definition) is 1. The third-order valence-electron chi connectivity index (χ3n) is 1.80. The van der Waals surface area contributed by atoms with Crippen LogP contribution in [-0.4, -0.2) is 8.42 Å². The topological polar surface area (TPSA) is 60.2 Å². The Bertz CT molecular complexity index is 449. The molecule has 0 aliphatic carbocycles. The Morgan fingerprint density at radius 2 is 1.93 bits per heavy atom. The average Bonchev–Trinajstić information content (AvgIpc) is 2.47. The van der Waals surface area contributed by atoms with Gasteiger partial charge in [0, 0.05) is 4.88 Å². The van der Waals surface area contributed by atoms with Gasteiger partial charge in [-0.3, -0.25) is 0 Å². The van der Waals surface area contributed by atoms with Crippen molar-refractivity contribution >= 4 is 21.4 Å². The lowest BCUT2D eigenvalue weighted by Gasteiger charge is -2.05. The highest BCUT2D eigenvalue weighted by molar-refractivity contribution is 7.89. The van der Waals surface area contributed by atoms with E-state index in [4.69, 9.17) is 5.14 Å². The van der Waals surface area contributed by atoms with Gasteiger partial charge in [-0.15, -0.1) is 11.3 Å². The molecule has 0 bridgehead atoms. The van der Waals surface area contributed by atoms with Crippen LogP contribution in [0.1, 0.15) is 21.9 Å². The lowest BCUT2D eigenvalue weighted by atomic mass is 10.3. The minimum absolute atomic E-state index is 0.0878. The molecule has 0 saturated carbocycles. The zero-order valence-electron chi connectivity index (χ0n) is 7.58. The first-order valence-electron chi connectivity index (χ1n) is 3.81. The minimum Gasteiger partial charge on any atom is -0.228 e. The molecule has 1 heterocycles. The highest BCUT2D eigenvalue weighted by Crippen LogP contribution is 2.37. The van der Waals surface area contributed by atoms with Crippen LogP contribution >= 0.6 is 11.3 Å². The molecule has 1 unspecified atom stereocenters. The quantitative estimate of drug-likeness (QED) is 0.884. The second kappa shape index (κ2) is 3.76. The molecule has 8 heteroatoms. The van der Waals surface area contributed by atoms with Crippen LogP contribution in [0.25, 0.3) is 0 Å². The number of sulfonamides is 1. The maximum absolute atomic E-state index is 12.2. The van der Waals surface area contributed by atoms with Crippen molar-refractivity contribution in [2.45, 2.75) is 18.3 Å². The van der Waals surface area contributed by atoms with Gasteiger partial charge in [0.05, 0.1) is 0 Å². The number of halogens is 3. The third kappa shape index (κ3) is 2.93. The number of alkyl halides is 3. The largest absolute Gasteiger partial charge is 0.425 e. The molecule has 2 N–H and O–H groups in total. The fourth-order valence-corrected chi connectivity index (χ4v) is 2.64. The Morgan fingerprint density at radius 3 is 2.27 bits per heavy atom. The van der Waals surface area contributed by atoms with Crippen LogP contribution in [0, 0.1) is 0 Å². The second-order valence-corrected chi connectivity index (χ2v) is 5.93. The van der Waals surface area contributed by atoms with Gasteiger partial charge in [0.15, 0.2) is 0 Å². The van der Waals surface area contributed by atoms with Crippen molar-refractivity contribution < 1.29 is 21.6 Å². The van der Waals surface area contributed by atoms with E-state index in [1.165, 1.54) is 6.92 Å². The summed E-state index contributed by atoms with van der Waals surface area (Å²) in [7, 11) is -3.84. The molecule has 1 aromatic rings. The molecule has 0 spiro atoms. The van der Waals surface area contributed by atoms with E-state index in [2.05, 4.69) is 0 Å². The molecule has 1 atom stereocenters. The summed E-state index contributed by atoms with van der Waals surface area (Å²) < 4.78 is 58.4. The molecule has 86 valence electrons. The van der Waals surface area contributed by atoms with E-state index in [0.29, 0.717) is 11.3 Å². The van der Waals surface area contributed by atoms with E-state index in [0.717, 1.165) is 12.1 Å². The number of nitrogens with two attached hydrogens (primary N) is 1. The Balaban J connectivity index is 3.06. The summed E-state index contributed by atoms with van der Waals surface area (Å²) in [6.45, 7) is 1.25. The molecule has 0 aliphatic heterocycles. The molecular formula is C7H8F3NO2S2. The summed E-state index contributed by atoms with van der Waals surface area (Å²) in [5, 5.41) is 3.71. The maximum atomic E-state index is 12.2. The number of thiophene rings is 1. The van der Waals surface area contributed by atoms with Crippen LogP contribution in [0.15, 0.2) is 12.1 Å². The first kappa shape index (κ1) is 12.5. The smallest absolute Gasteiger partial charge is 0.228 e. The summed E-state index contributed by atoms with van der Waals surface area (Å²) in [5.41, 5.74) is 0. The molecule has 1 aromatic heterocycles. The van der Waals surface area contributed by atoms with Crippen molar-refractivity contribution in [2.75, 3.05) is 0 Å². The monoisotopic (exact) mass is 259 g/mol. The molecular weight excluding hydrogens is 251 g/mol. The molecule has 1 rings (SSSR count). The van der Waals surface area contributed by atoms with Crippen LogP contribution in [0.2, 0.25) is 0 Å². The van der Waals surface area contributed by atoms with Crippen molar-refractivity contribution in [3.8, 4) is 0 Å². The first-order valence-corrected chi connectivity index (χ1v) is 6.23. The summed E-state index contributed by atoms with van der Waals surface area (Å²) in [6.07, 6.45) is -4.44. The molecule has 0 aliphatic rings. The Morgan fingerprint density at radius 1 is 1.40 bits per heavy atom. The van der Waals surface area contributed by atoms with Gasteiger partial charge >= 0.3 is 6.18 Å². The van der Waals surface area contributed by atoms with Crippen molar-refractivity contribution in [2.24, 2.45) is 5.14 Å². The molecule has 0 amide bonds. The predicted octanol–water partition coefficient (Wildman–Crippen LogP) is 2.12. The SMILES string of the molecule is CC(c1ccc(C(F)(F)F)s1)S(N)(=O)=O. The molecule has 0 fully saturated rings. The zero-order valence-corrected chi connectivity index (χ0v) is 9.21. The predicted molar refractivity (Wildman–Crippen MR) is 50.8 cm³/mol. The summed E-state index contributed by atoms with van der Waals surface area (Å²) >= 11 is 0.391. The van der Waals surface area contributed by atoms with Gasteiger partial charge in [0.1, 0.15) is 10.1 Å². The lowest BCUT2D eigenvalue weighted by molar-refractivity contribution is -0.134. The van der Waals surface area contributed by atoms with Crippen LogP contribution in [0.5, 0.6) is 0 Å². The van der Waals surface area contributed by atoms with Crippen molar-refractivity contribution in [3.05, 3.63) is 21.9 Å². The Kier molecular flexibility index (Phi) is 3.13. The van der Waals surface area contributed by atoms with Gasteiger partial charge in [-0.1, -0.05) is 0 Å². The van der Waals surface area contributed by atoms with E-state index in [1.807, 2.05) is 0 Å². The first-order chi connectivity index (χ1) is 6.62. The van der Waals surface area contributed by atoms with Crippen molar-refractivity contribution in [1.82, 2.24) is 0 Å². The van der Waals surface area contributed by atoms with E-state index >= 15 is 0 Å². The standard InChI is InChI=1S/C7H8F3NO2S2/c1-4(15(11,12)13)5-2-3-6(14-5)7(8,9)10/h2-4H,1H3,(H2,11,12,13). The van der Waals surface area contributed by atoms with Gasteiger partial charge in [-0.2, -0.15) is 13.2 Å². The minimum atomic E-state index is -4.44. The van der Waals surface area contributed by atoms with E-state index in [-0.39, 0.29) is 4.88 Å². The Labute approximate surface area is 88.8 Å². The number of hydrogen-bond acceptors (Lipinski definition) is 3. The van der Waals surface area contributed by atoms with Crippen LogP contribution in [-0.2, 0) is 16.2 Å². The van der Waals surface area contributed by atoms with Gasteiger partial charge in [-0.25, -0.2) is 13.6 Å². The highest BCUT2D eigenvalue weighted by atomic mass is 32.2. The molecule has 3 nitrogen and oxygen atoms in total. The molecule has 0 aromatic carbocycles. The molecule has 0 saturated heterocycles. The average molecular weight is 259 g/mol. The highest BCUT2D eigenvalue weighted by Gasteiger charge is 2.33. The van der Waals surface area contributed by atoms with Gasteiger partial charge in [0.25, 0.3) is 0 Å². The fraction of sp³-hybridized carbons (Fsp3) is 0.429. The number of rotatable bonds is 2. The fourth-order valence-electron chi connectivity index (χ4n) is 0.886. The van der Waals surface area contributed by atoms with E-state index in [1.54, 1.807) is 0 Å². The van der Waals surface area contributed by atoms with Crippen LogP contribution in [0.3, 0.4) is 0 Å². The van der Waals surface area contributed by atoms with Gasteiger partial charge in [-0.05, 0) is 19.1 Å². The molecule has 15 heavy (non-hydrogen) atoms. The molecule has 0 radical (unpaired) electrons. The summed E-state index contributed by atoms with van der Waals surface area (Å²) in [4.78, 5) is -0.738. The third-order valence-corrected chi connectivity index (χ3v) is 4.50. The maximum Gasteiger partial charge on any atom is 0.425 e. The van der Waals surface area contributed by atoms with Crippen molar-refractivity contribution in [3.63, 3.8) is 0 Å². The van der Waals surface area contributed by atoms with Gasteiger partial charge in [0.2, 0.25) is 10.0 Å². The van der Waals surface area contributed by atoms with Crippen LogP contribution < -0.4 is 5.14 Å². The van der Waals surface area contributed by atoms with Crippen molar-refractivity contribution in [1.29, 1.82) is 0 Å². The zero-order chi connectivity index (χ0) is 11.9. The number of primary sulfonamides is 1. The second-order valence-electron chi connectivity index (χ2n) is 2.93. The Hall–Kier alpha value is -0.600. The lowest BCUT2D eigenvalue weighted by Crippen LogP contribution is -2.18. The van der Waals surface area contributed by atoms with Crippen LogP contribution in [0.4, 0.5) is 13.2 Å².